The fourth-order valence-corrected chi connectivity index (χ4v) is 10.8. The Kier molecular flexibility index (Phi) is 7.67. The molecular formula is C50H36N6O4S. The minimum atomic E-state index is -5.15. The number of fused-ring (bicyclic) bond motifs is 6. The summed E-state index contributed by atoms with van der Waals surface area (Å²) in [5.74, 6) is 0. The van der Waals surface area contributed by atoms with Crippen molar-refractivity contribution >= 4 is 75.8 Å². The summed E-state index contributed by atoms with van der Waals surface area (Å²) >= 11 is 0. The second-order valence-corrected chi connectivity index (χ2v) is 16.6. The van der Waals surface area contributed by atoms with Gasteiger partial charge in [0.25, 0.3) is 0 Å². The van der Waals surface area contributed by atoms with Crippen molar-refractivity contribution in [3.63, 3.8) is 0 Å². The first-order valence-electron chi connectivity index (χ1n) is 20.0. The highest BCUT2D eigenvalue weighted by Gasteiger charge is 2.52. The van der Waals surface area contributed by atoms with Crippen LogP contribution in [0.15, 0.2) is 183 Å². The SMILES string of the molecule is O=S(=O)(OC(c1c[nH]c2ccccc12)(c1c[nH]c2ccccc12)c1c[nH]c2ccccc12)OC(c1c[nH]c2ccccc12)(c1c[nH]c2ccccc12)c1c[nH]c2ccccc12. The molecule has 0 aliphatic rings. The molecule has 0 saturated heterocycles. The zero-order valence-corrected chi connectivity index (χ0v) is 33.2. The van der Waals surface area contributed by atoms with Crippen molar-refractivity contribution in [3.05, 3.63) is 216 Å². The first-order valence-corrected chi connectivity index (χ1v) is 21.3. The van der Waals surface area contributed by atoms with Crippen LogP contribution in [0, 0.1) is 0 Å². The van der Waals surface area contributed by atoms with Gasteiger partial charge >= 0.3 is 10.4 Å². The first kappa shape index (κ1) is 35.4. The van der Waals surface area contributed by atoms with E-state index in [0.29, 0.717) is 33.4 Å². The van der Waals surface area contributed by atoms with Gasteiger partial charge in [0.2, 0.25) is 0 Å². The largest absolute Gasteiger partial charge is 0.402 e. The van der Waals surface area contributed by atoms with Crippen molar-refractivity contribution in [2.24, 2.45) is 0 Å². The number of benzene rings is 6. The van der Waals surface area contributed by atoms with E-state index < -0.39 is 21.6 Å². The maximum atomic E-state index is 16.1. The number of aromatic nitrogens is 6. The molecule has 0 unspecified atom stereocenters. The summed E-state index contributed by atoms with van der Waals surface area (Å²) in [5, 5.41) is 4.69. The lowest BCUT2D eigenvalue weighted by Gasteiger charge is -2.37. The molecule has 296 valence electrons. The second kappa shape index (κ2) is 13.2. The van der Waals surface area contributed by atoms with Gasteiger partial charge in [0.15, 0.2) is 11.2 Å². The van der Waals surface area contributed by atoms with E-state index in [1.165, 1.54) is 0 Å². The van der Waals surface area contributed by atoms with Gasteiger partial charge in [-0.15, -0.1) is 0 Å². The third-order valence-electron chi connectivity index (χ3n) is 12.3. The minimum Gasteiger partial charge on any atom is -0.361 e. The zero-order valence-electron chi connectivity index (χ0n) is 32.4. The number of hydrogen-bond donors (Lipinski definition) is 6. The van der Waals surface area contributed by atoms with Crippen LogP contribution in [0.5, 0.6) is 0 Å². The third-order valence-corrected chi connectivity index (χ3v) is 13.2. The van der Waals surface area contributed by atoms with Crippen LogP contribution in [0.3, 0.4) is 0 Å². The molecule has 0 radical (unpaired) electrons. The molecule has 6 heterocycles. The van der Waals surface area contributed by atoms with Crippen LogP contribution in [0.2, 0.25) is 0 Å². The van der Waals surface area contributed by atoms with E-state index in [1.807, 2.05) is 183 Å². The molecule has 61 heavy (non-hydrogen) atoms. The average Bonchev–Trinajstić information content (AvgIpc) is 4.16. The molecule has 6 N–H and O–H groups in total. The lowest BCUT2D eigenvalue weighted by Crippen LogP contribution is -2.40. The van der Waals surface area contributed by atoms with Gasteiger partial charge in [-0.2, -0.15) is 8.42 Å². The Morgan fingerprint density at radius 2 is 0.475 bits per heavy atom. The van der Waals surface area contributed by atoms with Crippen LogP contribution in [0.1, 0.15) is 33.4 Å². The van der Waals surface area contributed by atoms with E-state index in [1.54, 1.807) is 0 Å². The Labute approximate surface area is 348 Å². The van der Waals surface area contributed by atoms with Gasteiger partial charge in [-0.05, 0) is 36.4 Å². The second-order valence-electron chi connectivity index (χ2n) is 15.4. The van der Waals surface area contributed by atoms with Crippen LogP contribution in [-0.4, -0.2) is 38.3 Å². The van der Waals surface area contributed by atoms with Crippen molar-refractivity contribution in [2.75, 3.05) is 0 Å². The van der Waals surface area contributed by atoms with Crippen molar-refractivity contribution < 1.29 is 16.8 Å². The Balaban J connectivity index is 1.19. The van der Waals surface area contributed by atoms with E-state index in [9.17, 15) is 0 Å². The molecule has 10 nitrogen and oxygen atoms in total. The van der Waals surface area contributed by atoms with E-state index >= 15 is 8.42 Å². The predicted octanol–water partition coefficient (Wildman–Crippen LogP) is 11.1. The summed E-state index contributed by atoms with van der Waals surface area (Å²) in [7, 11) is -5.15. The molecule has 0 fully saturated rings. The van der Waals surface area contributed by atoms with Gasteiger partial charge in [-0.25, -0.2) is 8.37 Å². The minimum absolute atomic E-state index is 0.585. The Bertz CT molecular complexity index is 3140. The molecule has 0 aliphatic carbocycles. The highest BCUT2D eigenvalue weighted by atomic mass is 32.3. The lowest BCUT2D eigenvalue weighted by atomic mass is 9.80. The molecule has 0 spiro atoms. The number of rotatable bonds is 10. The monoisotopic (exact) mass is 816 g/mol. The summed E-state index contributed by atoms with van der Waals surface area (Å²) in [6.07, 6.45) is 11.1. The molecule has 0 saturated carbocycles. The Hall–Kier alpha value is -7.57. The quantitative estimate of drug-likeness (QED) is 0.0815. The fraction of sp³-hybridized carbons (Fsp3) is 0.0400. The van der Waals surface area contributed by atoms with Crippen LogP contribution < -0.4 is 0 Å². The van der Waals surface area contributed by atoms with E-state index in [4.69, 9.17) is 8.37 Å². The average molecular weight is 817 g/mol. The number of H-pyrrole nitrogens is 6. The van der Waals surface area contributed by atoms with E-state index in [-0.39, 0.29) is 0 Å². The molecule has 12 aromatic rings. The Morgan fingerprint density at radius 1 is 0.295 bits per heavy atom. The summed E-state index contributed by atoms with van der Waals surface area (Å²) in [4.78, 5) is 20.6. The van der Waals surface area contributed by atoms with E-state index in [0.717, 1.165) is 65.4 Å². The molecule has 0 amide bonds. The predicted molar refractivity (Wildman–Crippen MR) is 241 cm³/mol. The molecule has 0 atom stereocenters. The topological polar surface area (TPSA) is 147 Å². The van der Waals surface area contributed by atoms with Gasteiger partial charge in [0.1, 0.15) is 0 Å². The number of para-hydroxylation sites is 6. The fourth-order valence-electron chi connectivity index (χ4n) is 9.64. The molecule has 0 bridgehead atoms. The highest BCUT2D eigenvalue weighted by Crippen LogP contribution is 2.53. The van der Waals surface area contributed by atoms with Crippen LogP contribution in [0.4, 0.5) is 0 Å². The first-order chi connectivity index (χ1) is 29.9. The number of aromatic amines is 6. The van der Waals surface area contributed by atoms with Crippen LogP contribution in [-0.2, 0) is 30.0 Å². The smallest absolute Gasteiger partial charge is 0.361 e. The number of nitrogens with one attached hydrogen (secondary N) is 6. The van der Waals surface area contributed by atoms with E-state index in [2.05, 4.69) is 29.9 Å². The standard InChI is InChI=1S/C50H36N6O4S/c57-61(58,59-49(37-25-51-43-19-7-1-13-31(37)43,38-26-52-44-20-8-2-14-32(38)44)39-27-53-45-21-9-3-15-33(39)45)60-50(40-28-54-46-22-10-4-16-34(40)46,41-29-55-47-23-11-5-17-35(41)47)42-30-56-48-24-12-6-18-36(42)48/h1-30,51-56H. The van der Waals surface area contributed by atoms with Gasteiger partial charge < -0.3 is 29.9 Å². The summed E-state index contributed by atoms with van der Waals surface area (Å²) in [6.45, 7) is 0. The van der Waals surface area contributed by atoms with Crippen LogP contribution in [0.25, 0.3) is 65.4 Å². The van der Waals surface area contributed by atoms with Gasteiger partial charge in [0, 0.05) is 136 Å². The molecule has 12 rings (SSSR count). The van der Waals surface area contributed by atoms with Crippen molar-refractivity contribution in [2.45, 2.75) is 11.2 Å². The number of hydrogen-bond acceptors (Lipinski definition) is 4. The zero-order chi connectivity index (χ0) is 40.8. The maximum absolute atomic E-state index is 16.1. The lowest BCUT2D eigenvalue weighted by molar-refractivity contribution is 0.0819. The molecule has 6 aromatic heterocycles. The van der Waals surface area contributed by atoms with Crippen LogP contribution >= 0.6 is 0 Å². The highest BCUT2D eigenvalue weighted by molar-refractivity contribution is 7.82. The molecular weight excluding hydrogens is 781 g/mol. The van der Waals surface area contributed by atoms with Crippen molar-refractivity contribution in [3.8, 4) is 0 Å². The summed E-state index contributed by atoms with van der Waals surface area (Å²) in [5.41, 5.74) is 4.74. The molecule has 6 aromatic carbocycles. The normalized spacial score (nSPS) is 12.9. The van der Waals surface area contributed by atoms with Gasteiger partial charge in [-0.1, -0.05) is 109 Å². The maximum Gasteiger partial charge on any atom is 0.402 e. The molecule has 11 heteroatoms. The van der Waals surface area contributed by atoms with Crippen molar-refractivity contribution in [1.29, 1.82) is 0 Å². The summed E-state index contributed by atoms with van der Waals surface area (Å²) < 4.78 is 46.5. The Morgan fingerprint density at radius 3 is 0.672 bits per heavy atom. The third kappa shape index (κ3) is 5.18. The summed E-state index contributed by atoms with van der Waals surface area (Å²) in [6, 6.07) is 47.0. The van der Waals surface area contributed by atoms with Gasteiger partial charge in [-0.3, -0.25) is 0 Å². The van der Waals surface area contributed by atoms with Crippen molar-refractivity contribution in [1.82, 2.24) is 29.9 Å². The molecule has 0 aliphatic heterocycles. The van der Waals surface area contributed by atoms with Gasteiger partial charge in [0.05, 0.1) is 0 Å².